The maximum atomic E-state index is 13.6. The van der Waals surface area contributed by atoms with E-state index in [1.807, 2.05) is 12.1 Å². The smallest absolute Gasteiger partial charge is 0.254 e. The second-order valence-electron chi connectivity index (χ2n) is 7.69. The first-order valence-corrected chi connectivity index (χ1v) is 12.1. The lowest BCUT2D eigenvalue weighted by molar-refractivity contribution is 0.0728. The van der Waals surface area contributed by atoms with Crippen molar-refractivity contribution in [2.24, 2.45) is 0 Å². The van der Waals surface area contributed by atoms with Gasteiger partial charge in [0.1, 0.15) is 23.1 Å². The lowest BCUT2D eigenvalue weighted by Gasteiger charge is -2.24. The van der Waals surface area contributed by atoms with Gasteiger partial charge in [0, 0.05) is 40.5 Å². The van der Waals surface area contributed by atoms with Crippen LogP contribution in [0.15, 0.2) is 72.4 Å². The number of aromatic nitrogens is 2. The SMILES string of the molecule is COc1cccc(C(=O)N(Cc2cccnc2)Cc2cc(Cl)ccc2OCc2nc(CO)cs2)c1. The van der Waals surface area contributed by atoms with Crippen molar-refractivity contribution in [2.45, 2.75) is 26.3 Å². The van der Waals surface area contributed by atoms with Gasteiger partial charge in [-0.05, 0) is 48.0 Å². The molecule has 0 unspecified atom stereocenters. The lowest BCUT2D eigenvalue weighted by Crippen LogP contribution is -2.30. The summed E-state index contributed by atoms with van der Waals surface area (Å²) in [6.07, 6.45) is 3.43. The van der Waals surface area contributed by atoms with Crippen LogP contribution in [0, 0.1) is 0 Å². The van der Waals surface area contributed by atoms with E-state index in [-0.39, 0.29) is 25.7 Å². The number of benzene rings is 2. The Bertz CT molecular complexity index is 1280. The second-order valence-corrected chi connectivity index (χ2v) is 9.06. The van der Waals surface area contributed by atoms with E-state index < -0.39 is 0 Å². The van der Waals surface area contributed by atoms with Crippen LogP contribution in [-0.4, -0.2) is 33.0 Å². The van der Waals surface area contributed by atoms with E-state index in [0.29, 0.717) is 34.3 Å². The number of aliphatic hydroxyl groups is 1. The highest BCUT2D eigenvalue weighted by atomic mass is 35.5. The van der Waals surface area contributed by atoms with Crippen LogP contribution < -0.4 is 9.47 Å². The van der Waals surface area contributed by atoms with E-state index in [1.165, 1.54) is 11.3 Å². The van der Waals surface area contributed by atoms with E-state index in [1.54, 1.807) is 72.2 Å². The molecule has 0 aliphatic heterocycles. The van der Waals surface area contributed by atoms with Gasteiger partial charge in [0.05, 0.1) is 26.0 Å². The van der Waals surface area contributed by atoms with Crippen molar-refractivity contribution in [1.29, 1.82) is 0 Å². The van der Waals surface area contributed by atoms with E-state index >= 15 is 0 Å². The summed E-state index contributed by atoms with van der Waals surface area (Å²) in [4.78, 5) is 23.8. The van der Waals surface area contributed by atoms with E-state index in [4.69, 9.17) is 21.1 Å². The molecular formula is C26H24ClN3O4S. The molecular weight excluding hydrogens is 486 g/mol. The van der Waals surface area contributed by atoms with Crippen LogP contribution in [-0.2, 0) is 26.3 Å². The summed E-state index contributed by atoms with van der Waals surface area (Å²) in [6.45, 7) is 0.743. The molecule has 0 fully saturated rings. The molecule has 180 valence electrons. The van der Waals surface area contributed by atoms with Crippen LogP contribution in [0.2, 0.25) is 5.02 Å². The number of aliphatic hydroxyl groups excluding tert-OH is 1. The van der Waals surface area contributed by atoms with Crippen molar-refractivity contribution < 1.29 is 19.4 Å². The van der Waals surface area contributed by atoms with Gasteiger partial charge in [-0.2, -0.15) is 0 Å². The molecule has 1 N–H and O–H groups in total. The van der Waals surface area contributed by atoms with Crippen LogP contribution in [0.3, 0.4) is 0 Å². The summed E-state index contributed by atoms with van der Waals surface area (Å²) in [5.74, 6) is 1.05. The van der Waals surface area contributed by atoms with Gasteiger partial charge in [-0.15, -0.1) is 11.3 Å². The van der Waals surface area contributed by atoms with Gasteiger partial charge >= 0.3 is 0 Å². The van der Waals surface area contributed by atoms with Gasteiger partial charge in [-0.25, -0.2) is 4.98 Å². The Morgan fingerprint density at radius 3 is 2.77 bits per heavy atom. The number of carbonyl (C=O) groups excluding carboxylic acids is 1. The molecule has 4 aromatic rings. The molecule has 0 spiro atoms. The van der Waals surface area contributed by atoms with Gasteiger partial charge in [-0.1, -0.05) is 23.7 Å². The zero-order valence-electron chi connectivity index (χ0n) is 19.1. The molecule has 0 bridgehead atoms. The molecule has 7 nitrogen and oxygen atoms in total. The summed E-state index contributed by atoms with van der Waals surface area (Å²) in [7, 11) is 1.57. The summed E-state index contributed by atoms with van der Waals surface area (Å²) < 4.78 is 11.3. The topological polar surface area (TPSA) is 84.8 Å². The number of halogens is 1. The Kier molecular flexibility index (Phi) is 8.31. The summed E-state index contributed by atoms with van der Waals surface area (Å²) in [5.41, 5.74) is 2.78. The molecule has 1 amide bonds. The third kappa shape index (κ3) is 6.57. The molecule has 4 rings (SSSR count). The number of nitrogens with zero attached hydrogens (tertiary/aromatic N) is 3. The number of pyridine rings is 1. The fourth-order valence-corrected chi connectivity index (χ4v) is 4.39. The Morgan fingerprint density at radius 1 is 1.14 bits per heavy atom. The number of hydrogen-bond donors (Lipinski definition) is 1. The largest absolute Gasteiger partial charge is 0.497 e. The number of rotatable bonds is 10. The van der Waals surface area contributed by atoms with Gasteiger partial charge in [0.25, 0.3) is 5.91 Å². The molecule has 0 atom stereocenters. The third-order valence-electron chi connectivity index (χ3n) is 5.20. The highest BCUT2D eigenvalue weighted by molar-refractivity contribution is 7.09. The summed E-state index contributed by atoms with van der Waals surface area (Å²) >= 11 is 7.73. The molecule has 35 heavy (non-hydrogen) atoms. The highest BCUT2D eigenvalue weighted by Gasteiger charge is 2.20. The minimum absolute atomic E-state index is 0.113. The van der Waals surface area contributed by atoms with Crippen molar-refractivity contribution in [3.8, 4) is 11.5 Å². The minimum atomic E-state index is -0.161. The fourth-order valence-electron chi connectivity index (χ4n) is 3.50. The number of methoxy groups -OCH3 is 1. The zero-order valence-corrected chi connectivity index (χ0v) is 20.6. The van der Waals surface area contributed by atoms with Gasteiger partial charge in [-0.3, -0.25) is 9.78 Å². The van der Waals surface area contributed by atoms with Crippen LogP contribution in [0.25, 0.3) is 0 Å². The van der Waals surface area contributed by atoms with Gasteiger partial charge < -0.3 is 19.5 Å². The maximum absolute atomic E-state index is 13.6. The van der Waals surface area contributed by atoms with Gasteiger partial charge in [0.15, 0.2) is 0 Å². The quantitative estimate of drug-likeness (QED) is 0.319. The monoisotopic (exact) mass is 509 g/mol. The van der Waals surface area contributed by atoms with Crippen LogP contribution in [0.1, 0.15) is 32.2 Å². The molecule has 2 aromatic carbocycles. The Balaban J connectivity index is 1.61. The Morgan fingerprint density at radius 2 is 2.03 bits per heavy atom. The standard InChI is InChI=1S/C26H24ClN3O4S/c1-33-23-6-2-5-19(11-23)26(32)30(13-18-4-3-9-28-12-18)14-20-10-21(27)7-8-24(20)34-16-25-29-22(15-31)17-35-25/h2-12,17,31H,13-16H2,1H3. The molecule has 0 saturated heterocycles. The van der Waals surface area contributed by atoms with E-state index in [2.05, 4.69) is 9.97 Å². The lowest BCUT2D eigenvalue weighted by atomic mass is 10.1. The molecule has 0 aliphatic carbocycles. The average Bonchev–Trinajstić information content (AvgIpc) is 3.36. The number of amides is 1. The fraction of sp³-hybridized carbons (Fsp3) is 0.192. The number of carbonyl (C=O) groups is 1. The first-order valence-electron chi connectivity index (χ1n) is 10.8. The zero-order chi connectivity index (χ0) is 24.6. The predicted molar refractivity (Wildman–Crippen MR) is 135 cm³/mol. The van der Waals surface area contributed by atoms with E-state index in [0.717, 1.165) is 16.1 Å². The molecule has 9 heteroatoms. The van der Waals surface area contributed by atoms with Crippen LogP contribution in [0.5, 0.6) is 11.5 Å². The molecule has 2 heterocycles. The second kappa shape index (κ2) is 11.8. The normalized spacial score (nSPS) is 10.7. The Labute approximate surface area is 212 Å². The van der Waals surface area contributed by atoms with Crippen molar-refractivity contribution in [2.75, 3.05) is 7.11 Å². The Hall–Kier alpha value is -3.46. The summed E-state index contributed by atoms with van der Waals surface area (Å²) in [6, 6.07) is 16.2. The first kappa shape index (κ1) is 24.7. The average molecular weight is 510 g/mol. The van der Waals surface area contributed by atoms with Crippen LogP contribution in [0.4, 0.5) is 0 Å². The summed E-state index contributed by atoms with van der Waals surface area (Å²) in [5, 5.41) is 12.3. The van der Waals surface area contributed by atoms with Crippen molar-refractivity contribution in [3.05, 3.63) is 105 Å². The minimum Gasteiger partial charge on any atom is -0.497 e. The van der Waals surface area contributed by atoms with Crippen molar-refractivity contribution in [3.63, 3.8) is 0 Å². The van der Waals surface area contributed by atoms with Crippen molar-refractivity contribution >= 4 is 28.8 Å². The third-order valence-corrected chi connectivity index (χ3v) is 6.30. The molecule has 2 aromatic heterocycles. The number of ether oxygens (including phenoxy) is 2. The number of hydrogen-bond acceptors (Lipinski definition) is 7. The maximum Gasteiger partial charge on any atom is 0.254 e. The number of thiazole rings is 1. The van der Waals surface area contributed by atoms with Gasteiger partial charge in [0.2, 0.25) is 0 Å². The molecule has 0 saturated carbocycles. The molecule has 0 aliphatic rings. The van der Waals surface area contributed by atoms with E-state index in [9.17, 15) is 9.90 Å². The predicted octanol–water partition coefficient (Wildman–Crippen LogP) is 5.11. The van der Waals surface area contributed by atoms with Crippen LogP contribution >= 0.6 is 22.9 Å². The highest BCUT2D eigenvalue weighted by Crippen LogP contribution is 2.27. The van der Waals surface area contributed by atoms with Crippen molar-refractivity contribution in [1.82, 2.24) is 14.9 Å². The first-order chi connectivity index (χ1) is 17.1. The molecule has 0 radical (unpaired) electrons.